The van der Waals surface area contributed by atoms with Crippen LogP contribution in [0.15, 0.2) is 30.3 Å². The molecular formula is C27H44O5. The summed E-state index contributed by atoms with van der Waals surface area (Å²) in [7, 11) is 0. The second-order valence-corrected chi connectivity index (χ2v) is 8.88. The molecule has 0 saturated heterocycles. The molecule has 5 nitrogen and oxygen atoms in total. The molecule has 0 heterocycles. The molecule has 2 unspecified atom stereocenters. The molecule has 5 heteroatoms. The van der Waals surface area contributed by atoms with E-state index in [2.05, 4.69) is 12.1 Å². The Morgan fingerprint density at radius 3 is 1.97 bits per heavy atom. The van der Waals surface area contributed by atoms with Gasteiger partial charge in [-0.25, -0.2) is 0 Å². The molecule has 1 aromatic rings. The van der Waals surface area contributed by atoms with Crippen molar-refractivity contribution in [1.82, 2.24) is 0 Å². The standard InChI is InChI=1S/C27H44O5/c1-23(32-24(2)28)16-15-20-26(31-22-25-17-11-10-12-18-25)19-13-8-6-4-3-5-7-9-14-21-27(29)30/h10-12,17-18,23,26H,3-9,13-16,19-22H2,1-2H3,(H,29,30). The Morgan fingerprint density at radius 2 is 1.38 bits per heavy atom. The molecular weight excluding hydrogens is 404 g/mol. The van der Waals surface area contributed by atoms with Crippen molar-refractivity contribution in [1.29, 1.82) is 0 Å². The molecule has 0 bridgehead atoms. The van der Waals surface area contributed by atoms with Gasteiger partial charge in [-0.1, -0.05) is 81.7 Å². The van der Waals surface area contributed by atoms with Gasteiger partial charge >= 0.3 is 11.9 Å². The van der Waals surface area contributed by atoms with Crippen molar-refractivity contribution in [3.05, 3.63) is 35.9 Å². The normalized spacial score (nSPS) is 12.9. The van der Waals surface area contributed by atoms with Gasteiger partial charge in [0.15, 0.2) is 0 Å². The topological polar surface area (TPSA) is 72.8 Å². The van der Waals surface area contributed by atoms with E-state index in [0.29, 0.717) is 13.0 Å². The predicted octanol–water partition coefficient (Wildman–Crippen LogP) is 7.07. The number of carbonyl (C=O) groups excluding carboxylic acids is 1. The van der Waals surface area contributed by atoms with Gasteiger partial charge in [0.25, 0.3) is 0 Å². The zero-order valence-electron chi connectivity index (χ0n) is 20.2. The van der Waals surface area contributed by atoms with E-state index in [1.54, 1.807) is 0 Å². The van der Waals surface area contributed by atoms with E-state index < -0.39 is 5.97 Å². The Morgan fingerprint density at radius 1 is 0.812 bits per heavy atom. The Kier molecular flexibility index (Phi) is 16.4. The number of hydrogen-bond donors (Lipinski definition) is 1. The van der Waals surface area contributed by atoms with Crippen LogP contribution in [0.1, 0.15) is 109 Å². The number of rotatable bonds is 20. The Bertz CT molecular complexity index is 601. The highest BCUT2D eigenvalue weighted by Gasteiger charge is 2.12. The lowest BCUT2D eigenvalue weighted by molar-refractivity contribution is -0.145. The smallest absolute Gasteiger partial charge is 0.303 e. The van der Waals surface area contributed by atoms with Crippen molar-refractivity contribution in [2.75, 3.05) is 0 Å². The van der Waals surface area contributed by atoms with E-state index in [9.17, 15) is 9.59 Å². The number of esters is 1. The first kappa shape index (κ1) is 28.2. The van der Waals surface area contributed by atoms with Crippen LogP contribution in [0.5, 0.6) is 0 Å². The van der Waals surface area contributed by atoms with Crippen LogP contribution < -0.4 is 0 Å². The van der Waals surface area contributed by atoms with Gasteiger partial charge in [0.05, 0.1) is 18.8 Å². The maximum Gasteiger partial charge on any atom is 0.303 e. The first-order valence-corrected chi connectivity index (χ1v) is 12.5. The lowest BCUT2D eigenvalue weighted by atomic mass is 10.0. The molecule has 0 aromatic heterocycles. The number of carbonyl (C=O) groups is 2. The number of ether oxygens (including phenoxy) is 2. The van der Waals surface area contributed by atoms with Gasteiger partial charge < -0.3 is 14.6 Å². The summed E-state index contributed by atoms with van der Waals surface area (Å²) < 4.78 is 11.5. The molecule has 0 aliphatic heterocycles. The second kappa shape index (κ2) is 18.7. The first-order chi connectivity index (χ1) is 15.5. The highest BCUT2D eigenvalue weighted by atomic mass is 16.5. The Balaban J connectivity index is 2.19. The van der Waals surface area contributed by atoms with Crippen LogP contribution in [0.3, 0.4) is 0 Å². The van der Waals surface area contributed by atoms with Crippen molar-refractivity contribution in [2.45, 2.75) is 123 Å². The molecule has 1 rings (SSSR count). The van der Waals surface area contributed by atoms with Gasteiger partial charge in [-0.3, -0.25) is 9.59 Å². The third-order valence-electron chi connectivity index (χ3n) is 5.75. The molecule has 0 spiro atoms. The lowest BCUT2D eigenvalue weighted by Gasteiger charge is -2.19. The summed E-state index contributed by atoms with van der Waals surface area (Å²) in [6.07, 6.45) is 14.8. The molecule has 0 aliphatic rings. The fourth-order valence-corrected chi connectivity index (χ4v) is 3.96. The molecule has 0 amide bonds. The van der Waals surface area contributed by atoms with Gasteiger partial charge in [0.1, 0.15) is 0 Å². The van der Waals surface area contributed by atoms with E-state index >= 15 is 0 Å². The maximum absolute atomic E-state index is 11.1. The van der Waals surface area contributed by atoms with E-state index in [0.717, 1.165) is 44.9 Å². The predicted molar refractivity (Wildman–Crippen MR) is 129 cm³/mol. The fourth-order valence-electron chi connectivity index (χ4n) is 3.96. The highest BCUT2D eigenvalue weighted by molar-refractivity contribution is 5.66. The first-order valence-electron chi connectivity index (χ1n) is 12.5. The van der Waals surface area contributed by atoms with Crippen LogP contribution in [-0.2, 0) is 25.7 Å². The second-order valence-electron chi connectivity index (χ2n) is 8.88. The summed E-state index contributed by atoms with van der Waals surface area (Å²) in [5.74, 6) is -0.899. The summed E-state index contributed by atoms with van der Waals surface area (Å²) in [5, 5.41) is 8.64. The lowest BCUT2D eigenvalue weighted by Crippen LogP contribution is -2.16. The largest absolute Gasteiger partial charge is 0.481 e. The number of aliphatic carboxylic acids is 1. The van der Waals surface area contributed by atoms with Crippen LogP contribution in [0.2, 0.25) is 0 Å². The molecule has 0 saturated carbocycles. The maximum atomic E-state index is 11.1. The van der Waals surface area contributed by atoms with Gasteiger partial charge in [-0.05, 0) is 44.6 Å². The molecule has 0 radical (unpaired) electrons. The number of carboxylic acids is 1. The van der Waals surface area contributed by atoms with Gasteiger partial charge in [0, 0.05) is 13.3 Å². The van der Waals surface area contributed by atoms with Crippen molar-refractivity contribution in [3.8, 4) is 0 Å². The molecule has 1 aromatic carbocycles. The Labute approximate surface area is 194 Å². The zero-order chi connectivity index (χ0) is 23.4. The number of unbranched alkanes of at least 4 members (excludes halogenated alkanes) is 8. The third kappa shape index (κ3) is 16.8. The monoisotopic (exact) mass is 448 g/mol. The summed E-state index contributed by atoms with van der Waals surface area (Å²) in [6.45, 7) is 4.06. The van der Waals surface area contributed by atoms with Gasteiger partial charge in [-0.15, -0.1) is 0 Å². The minimum atomic E-state index is -0.685. The number of carboxylic acid groups (broad SMARTS) is 1. The fraction of sp³-hybridized carbons (Fsp3) is 0.704. The van der Waals surface area contributed by atoms with E-state index in [-0.39, 0.29) is 18.2 Å². The van der Waals surface area contributed by atoms with Crippen molar-refractivity contribution < 1.29 is 24.2 Å². The summed E-state index contributed by atoms with van der Waals surface area (Å²) >= 11 is 0. The molecule has 0 fully saturated rings. The van der Waals surface area contributed by atoms with Crippen LogP contribution in [-0.4, -0.2) is 29.3 Å². The average molecular weight is 449 g/mol. The van der Waals surface area contributed by atoms with E-state index in [4.69, 9.17) is 14.6 Å². The number of hydrogen-bond acceptors (Lipinski definition) is 4. The van der Waals surface area contributed by atoms with E-state index in [1.807, 2.05) is 25.1 Å². The van der Waals surface area contributed by atoms with Crippen molar-refractivity contribution in [3.63, 3.8) is 0 Å². The van der Waals surface area contributed by atoms with Crippen molar-refractivity contribution >= 4 is 11.9 Å². The third-order valence-corrected chi connectivity index (χ3v) is 5.75. The summed E-state index contributed by atoms with van der Waals surface area (Å²) in [4.78, 5) is 21.6. The van der Waals surface area contributed by atoms with Crippen LogP contribution in [0.25, 0.3) is 0 Å². The van der Waals surface area contributed by atoms with Crippen LogP contribution >= 0.6 is 0 Å². The molecule has 182 valence electrons. The van der Waals surface area contributed by atoms with Crippen molar-refractivity contribution in [2.24, 2.45) is 0 Å². The number of benzene rings is 1. The minimum Gasteiger partial charge on any atom is -0.481 e. The van der Waals surface area contributed by atoms with E-state index in [1.165, 1.54) is 51.0 Å². The van der Waals surface area contributed by atoms with Gasteiger partial charge in [-0.2, -0.15) is 0 Å². The van der Waals surface area contributed by atoms with Crippen LogP contribution in [0.4, 0.5) is 0 Å². The SMILES string of the molecule is CC(=O)OC(C)CCCC(CCCCCCCCCCCC(=O)O)OCc1ccccc1. The average Bonchev–Trinajstić information content (AvgIpc) is 2.75. The highest BCUT2D eigenvalue weighted by Crippen LogP contribution is 2.18. The summed E-state index contributed by atoms with van der Waals surface area (Å²) in [5.41, 5.74) is 1.20. The summed E-state index contributed by atoms with van der Waals surface area (Å²) in [6, 6.07) is 10.3. The van der Waals surface area contributed by atoms with Crippen LogP contribution in [0, 0.1) is 0 Å². The minimum absolute atomic E-state index is 0.0357. The molecule has 1 N–H and O–H groups in total. The molecule has 2 atom stereocenters. The van der Waals surface area contributed by atoms with Gasteiger partial charge in [0.2, 0.25) is 0 Å². The molecule has 0 aliphatic carbocycles. The molecule has 32 heavy (non-hydrogen) atoms. The quantitative estimate of drug-likeness (QED) is 0.171. The zero-order valence-corrected chi connectivity index (χ0v) is 20.2. The Hall–Kier alpha value is -1.88.